The molecule has 2 heterocycles. The van der Waals surface area contributed by atoms with Gasteiger partial charge in [0.25, 0.3) is 0 Å². The first kappa shape index (κ1) is 20.1. The molecule has 1 aliphatic heterocycles. The summed E-state index contributed by atoms with van der Waals surface area (Å²) in [6.07, 6.45) is 1.81. The molecular weight excluding hydrogens is 492 g/mol. The molecule has 34 heavy (non-hydrogen) atoms. The average molecular weight is 521 g/mol. The summed E-state index contributed by atoms with van der Waals surface area (Å²) in [6, 6.07) is 14.2. The first-order valence-electron chi connectivity index (χ1n) is 12.7. The number of ether oxygens (including phenoxy) is 1. The molecule has 0 bridgehead atoms. The highest BCUT2D eigenvalue weighted by atomic mass is 79.9. The van der Waals surface area contributed by atoms with Crippen LogP contribution in [-0.2, 0) is 4.79 Å². The van der Waals surface area contributed by atoms with Crippen molar-refractivity contribution < 1.29 is 9.53 Å². The number of pyridine rings is 1. The Labute approximate surface area is 208 Å². The predicted molar refractivity (Wildman–Crippen MR) is 133 cm³/mol. The monoisotopic (exact) mass is 520 g/mol. The molecule has 6 aliphatic carbocycles. The molecule has 6 saturated carbocycles. The number of nitrogens with zero attached hydrogens (tertiary/aromatic N) is 4. The minimum atomic E-state index is -0.0321. The summed E-state index contributed by atoms with van der Waals surface area (Å²) in [5, 5.41) is 0. The van der Waals surface area contributed by atoms with E-state index in [0.29, 0.717) is 28.0 Å². The van der Waals surface area contributed by atoms with Gasteiger partial charge in [0.1, 0.15) is 11.6 Å². The number of amides is 1. The third-order valence-electron chi connectivity index (χ3n) is 10.5. The molecule has 1 saturated heterocycles. The number of benzene rings is 1. The fourth-order valence-electron chi connectivity index (χ4n) is 9.24. The van der Waals surface area contributed by atoms with Crippen molar-refractivity contribution in [2.24, 2.45) is 40.9 Å². The summed E-state index contributed by atoms with van der Waals surface area (Å²) in [5.41, 5.74) is 1.13. The second kappa shape index (κ2) is 6.55. The van der Waals surface area contributed by atoms with Crippen molar-refractivity contribution in [2.75, 3.05) is 56.2 Å². The summed E-state index contributed by atoms with van der Waals surface area (Å²) in [4.78, 5) is 25.6. The van der Waals surface area contributed by atoms with Gasteiger partial charge in [-0.05, 0) is 59.8 Å². The number of rotatable bonds is 7. The SMILES string of the molecule is COc1ccccc1N1CCN(CCN(C(=O)C23C4C5C2C2C3C4C52Br)c2ccccn2)CC1. The van der Waals surface area contributed by atoms with E-state index in [4.69, 9.17) is 4.74 Å². The van der Waals surface area contributed by atoms with Gasteiger partial charge in [-0.1, -0.05) is 34.1 Å². The summed E-state index contributed by atoms with van der Waals surface area (Å²) < 4.78 is 6.01. The van der Waals surface area contributed by atoms with Crippen LogP contribution in [0.1, 0.15) is 0 Å². The number of anilines is 2. The maximum Gasteiger partial charge on any atom is 0.235 e. The lowest BCUT2D eigenvalue weighted by atomic mass is 8.96. The quantitative estimate of drug-likeness (QED) is 0.525. The molecule has 1 aromatic heterocycles. The minimum Gasteiger partial charge on any atom is -0.495 e. The van der Waals surface area contributed by atoms with Crippen molar-refractivity contribution >= 4 is 33.3 Å². The molecule has 7 fully saturated rings. The topological polar surface area (TPSA) is 48.9 Å². The Morgan fingerprint density at radius 2 is 1.71 bits per heavy atom. The van der Waals surface area contributed by atoms with Gasteiger partial charge in [0, 0.05) is 49.8 Å². The van der Waals surface area contributed by atoms with E-state index in [-0.39, 0.29) is 5.41 Å². The number of alkyl halides is 1. The number of hydrogen-bond acceptors (Lipinski definition) is 5. The van der Waals surface area contributed by atoms with Gasteiger partial charge in [0.05, 0.1) is 18.2 Å². The molecule has 0 spiro atoms. The maximum atomic E-state index is 14.0. The molecule has 0 radical (unpaired) electrons. The molecule has 9 rings (SSSR count). The Hall–Kier alpha value is -2.12. The number of carbonyl (C=O) groups excluding carboxylic acids is 1. The molecule has 1 amide bonds. The molecule has 0 unspecified atom stereocenters. The summed E-state index contributed by atoms with van der Waals surface area (Å²) in [7, 11) is 1.74. The number of aromatic nitrogens is 1. The number of halogens is 1. The van der Waals surface area contributed by atoms with Crippen LogP contribution in [0.2, 0.25) is 0 Å². The first-order valence-corrected chi connectivity index (χ1v) is 13.4. The predicted octanol–water partition coefficient (Wildman–Crippen LogP) is 3.13. The van der Waals surface area contributed by atoms with Gasteiger partial charge in [-0.3, -0.25) is 14.6 Å². The van der Waals surface area contributed by atoms with Crippen molar-refractivity contribution in [1.29, 1.82) is 0 Å². The highest BCUT2D eigenvalue weighted by Crippen LogP contribution is 3.09. The van der Waals surface area contributed by atoms with Gasteiger partial charge in [-0.2, -0.15) is 0 Å². The zero-order valence-electron chi connectivity index (χ0n) is 19.3. The van der Waals surface area contributed by atoms with Crippen LogP contribution in [0.15, 0.2) is 48.7 Å². The van der Waals surface area contributed by atoms with Crippen LogP contribution >= 0.6 is 15.9 Å². The zero-order chi connectivity index (χ0) is 22.8. The second-order valence-corrected chi connectivity index (χ2v) is 12.4. The van der Waals surface area contributed by atoms with Crippen molar-refractivity contribution in [3.8, 4) is 5.75 Å². The summed E-state index contributed by atoms with van der Waals surface area (Å²) in [5.74, 6) is 6.42. The highest BCUT2D eigenvalue weighted by Gasteiger charge is 3.11. The lowest BCUT2D eigenvalue weighted by Crippen LogP contribution is -3.12. The van der Waals surface area contributed by atoms with Gasteiger partial charge < -0.3 is 9.64 Å². The van der Waals surface area contributed by atoms with Gasteiger partial charge in [0.15, 0.2) is 0 Å². The molecule has 7 heteroatoms. The normalized spacial score (nSPS) is 41.8. The number of methoxy groups -OCH3 is 1. The maximum absolute atomic E-state index is 14.0. The van der Waals surface area contributed by atoms with Crippen LogP contribution in [0, 0.1) is 40.9 Å². The van der Waals surface area contributed by atoms with Crippen LogP contribution in [0.5, 0.6) is 5.75 Å². The number of para-hydroxylation sites is 2. The lowest BCUT2D eigenvalue weighted by Gasteiger charge is -3.09. The third-order valence-corrected chi connectivity index (χ3v) is 12.1. The molecule has 7 aliphatic rings. The summed E-state index contributed by atoms with van der Waals surface area (Å²) in [6.45, 7) is 5.51. The molecule has 0 N–H and O–H groups in total. The van der Waals surface area contributed by atoms with Crippen LogP contribution in [0.3, 0.4) is 0 Å². The van der Waals surface area contributed by atoms with Crippen LogP contribution < -0.4 is 14.5 Å². The molecule has 0 atom stereocenters. The van der Waals surface area contributed by atoms with Crippen molar-refractivity contribution in [2.45, 2.75) is 4.32 Å². The lowest BCUT2D eigenvalue weighted by molar-refractivity contribution is -0.574. The Balaban J connectivity index is 0.960. The smallest absolute Gasteiger partial charge is 0.235 e. The van der Waals surface area contributed by atoms with E-state index < -0.39 is 0 Å². The Kier molecular flexibility index (Phi) is 3.87. The van der Waals surface area contributed by atoms with E-state index >= 15 is 0 Å². The molecule has 1 aromatic carbocycles. The van der Waals surface area contributed by atoms with E-state index in [0.717, 1.165) is 68.6 Å². The Bertz CT molecular complexity index is 1130. The van der Waals surface area contributed by atoms with Gasteiger partial charge in [0.2, 0.25) is 5.91 Å². The van der Waals surface area contributed by atoms with E-state index in [1.807, 2.05) is 41.4 Å². The largest absolute Gasteiger partial charge is 0.495 e. The number of hydrogen-bond donors (Lipinski definition) is 0. The fraction of sp³-hybridized carbons (Fsp3) is 0.556. The second-order valence-electron chi connectivity index (χ2n) is 11.1. The standard InChI is InChI=1S/C27H29BrN4O2/c1-34-17-7-3-2-6-16(17)31-13-10-30(11-14-31)12-15-32(18-8-4-5-9-29-18)25(33)26-19-22-20(26)24-21(26)23(19)27(22,24)28/h2-9,19-24H,10-15H2,1H3. The minimum absolute atomic E-state index is 0.0321. The fourth-order valence-corrected chi connectivity index (χ4v) is 10.9. The van der Waals surface area contributed by atoms with Gasteiger partial charge in [-0.25, -0.2) is 4.98 Å². The summed E-state index contributed by atoms with van der Waals surface area (Å²) >= 11 is 4.03. The van der Waals surface area contributed by atoms with E-state index in [9.17, 15) is 4.79 Å². The van der Waals surface area contributed by atoms with Crippen molar-refractivity contribution in [3.63, 3.8) is 0 Å². The van der Waals surface area contributed by atoms with Crippen LogP contribution in [-0.4, -0.2) is 66.5 Å². The van der Waals surface area contributed by atoms with Crippen molar-refractivity contribution in [3.05, 3.63) is 48.7 Å². The zero-order valence-corrected chi connectivity index (χ0v) is 20.9. The Morgan fingerprint density at radius 3 is 2.35 bits per heavy atom. The first-order chi connectivity index (χ1) is 16.6. The van der Waals surface area contributed by atoms with E-state index in [1.54, 1.807) is 7.11 Å². The Morgan fingerprint density at radius 1 is 1.03 bits per heavy atom. The van der Waals surface area contributed by atoms with Crippen molar-refractivity contribution in [1.82, 2.24) is 9.88 Å². The molecule has 176 valence electrons. The van der Waals surface area contributed by atoms with Crippen LogP contribution in [0.4, 0.5) is 11.5 Å². The molecular formula is C27H29BrN4O2. The highest BCUT2D eigenvalue weighted by molar-refractivity contribution is 9.10. The van der Waals surface area contributed by atoms with E-state index in [2.05, 4.69) is 42.8 Å². The third kappa shape index (κ3) is 1.99. The number of carbonyl (C=O) groups is 1. The average Bonchev–Trinajstić information content (AvgIpc) is 2.90. The van der Waals surface area contributed by atoms with Gasteiger partial charge in [-0.15, -0.1) is 0 Å². The number of piperazine rings is 1. The molecule has 2 aromatic rings. The molecule has 6 nitrogen and oxygen atoms in total. The van der Waals surface area contributed by atoms with Gasteiger partial charge >= 0.3 is 0 Å². The van der Waals surface area contributed by atoms with E-state index in [1.165, 1.54) is 5.69 Å². The van der Waals surface area contributed by atoms with Crippen LogP contribution in [0.25, 0.3) is 0 Å².